The largest absolute Gasteiger partial charge is 0.0834 e. The summed E-state index contributed by atoms with van der Waals surface area (Å²) in [6.45, 7) is 6.71. The van der Waals surface area contributed by atoms with Gasteiger partial charge >= 0.3 is 0 Å². The molecule has 4 rings (SSSR count). The Morgan fingerprint density at radius 2 is 1.33 bits per heavy atom. The monoisotopic (exact) mass is 350 g/mol. The van der Waals surface area contributed by atoms with Crippen molar-refractivity contribution >= 4 is 5.57 Å². The van der Waals surface area contributed by atoms with Crippen molar-refractivity contribution in [1.29, 1.82) is 0 Å². The lowest BCUT2D eigenvalue weighted by Crippen LogP contribution is -1.95. The fourth-order valence-corrected chi connectivity index (χ4v) is 3.95. The summed E-state index contributed by atoms with van der Waals surface area (Å²) in [7, 11) is 0. The van der Waals surface area contributed by atoms with Gasteiger partial charge in [-0.15, -0.1) is 0 Å². The van der Waals surface area contributed by atoms with Crippen molar-refractivity contribution in [2.45, 2.75) is 27.2 Å². The van der Waals surface area contributed by atoms with E-state index in [0.29, 0.717) is 5.92 Å². The lowest BCUT2D eigenvalue weighted by molar-refractivity contribution is 0.740. The van der Waals surface area contributed by atoms with Crippen molar-refractivity contribution in [2.75, 3.05) is 0 Å². The molecular weight excluding hydrogens is 324 g/mol. The van der Waals surface area contributed by atoms with E-state index in [4.69, 9.17) is 0 Å². The van der Waals surface area contributed by atoms with Crippen LogP contribution in [0.25, 0.3) is 27.8 Å². The van der Waals surface area contributed by atoms with Gasteiger partial charge in [-0.25, -0.2) is 0 Å². The maximum absolute atomic E-state index is 2.38. The highest BCUT2D eigenvalue weighted by atomic mass is 14.2. The Kier molecular flexibility index (Phi) is 4.81. The normalized spacial score (nSPS) is 16.3. The summed E-state index contributed by atoms with van der Waals surface area (Å²) in [5.41, 5.74) is 10.5. The molecule has 0 radical (unpaired) electrons. The maximum Gasteiger partial charge on any atom is -0.0151 e. The summed E-state index contributed by atoms with van der Waals surface area (Å²) in [5.74, 6) is 0.614. The van der Waals surface area contributed by atoms with Crippen LogP contribution in [-0.2, 0) is 0 Å². The van der Waals surface area contributed by atoms with Gasteiger partial charge in [0.25, 0.3) is 0 Å². The molecule has 0 aromatic heterocycles. The van der Waals surface area contributed by atoms with E-state index in [-0.39, 0.29) is 0 Å². The standard InChI is InChI=1S/C27H26/c1-19-9-7-12-23(15-19)24-13-8-14-25(18-24)27-17-20(2)26(16-21(27)3)22-10-5-4-6-11-22/h4-8,10-19H,9H2,1-3H3. The smallest absolute Gasteiger partial charge is 0.0151 e. The molecule has 0 saturated carbocycles. The molecule has 3 aromatic carbocycles. The molecular formula is C27H26. The Labute approximate surface area is 162 Å². The number of hydrogen-bond acceptors (Lipinski definition) is 0. The van der Waals surface area contributed by atoms with Crippen molar-refractivity contribution in [3.8, 4) is 22.3 Å². The highest BCUT2D eigenvalue weighted by Gasteiger charge is 2.11. The van der Waals surface area contributed by atoms with Gasteiger partial charge in [-0.1, -0.05) is 85.8 Å². The Morgan fingerprint density at radius 1 is 0.704 bits per heavy atom. The number of hydrogen-bond donors (Lipinski definition) is 0. The van der Waals surface area contributed by atoms with Crippen LogP contribution in [0.15, 0.2) is 85.0 Å². The number of allylic oxidation sites excluding steroid dienone is 4. The van der Waals surface area contributed by atoms with Crippen LogP contribution in [0, 0.1) is 19.8 Å². The highest BCUT2D eigenvalue weighted by molar-refractivity contribution is 5.81. The van der Waals surface area contributed by atoms with Crippen molar-refractivity contribution < 1.29 is 0 Å². The molecule has 0 aliphatic heterocycles. The molecule has 0 amide bonds. The summed E-state index contributed by atoms with van der Waals surface area (Å²) < 4.78 is 0. The lowest BCUT2D eigenvalue weighted by Gasteiger charge is -2.16. The molecule has 0 bridgehead atoms. The van der Waals surface area contributed by atoms with Crippen LogP contribution < -0.4 is 0 Å². The van der Waals surface area contributed by atoms with Crippen LogP contribution in [0.3, 0.4) is 0 Å². The third kappa shape index (κ3) is 3.66. The third-order valence-electron chi connectivity index (χ3n) is 5.43. The summed E-state index contributed by atoms with van der Waals surface area (Å²) >= 11 is 0. The van der Waals surface area contributed by atoms with Gasteiger partial charge in [0.15, 0.2) is 0 Å². The molecule has 0 heterocycles. The van der Waals surface area contributed by atoms with Gasteiger partial charge in [0, 0.05) is 0 Å². The van der Waals surface area contributed by atoms with E-state index in [1.807, 2.05) is 0 Å². The minimum atomic E-state index is 0.614. The SMILES string of the molecule is Cc1cc(-c2cccc(C3=CC(C)CC=C3)c2)c(C)cc1-c1ccccc1. The molecule has 1 unspecified atom stereocenters. The highest BCUT2D eigenvalue weighted by Crippen LogP contribution is 2.33. The second-order valence-corrected chi connectivity index (χ2v) is 7.67. The van der Waals surface area contributed by atoms with E-state index in [1.165, 1.54) is 44.5 Å². The average molecular weight is 351 g/mol. The first-order valence-electron chi connectivity index (χ1n) is 9.77. The van der Waals surface area contributed by atoms with E-state index in [0.717, 1.165) is 6.42 Å². The van der Waals surface area contributed by atoms with Crippen molar-refractivity contribution in [3.63, 3.8) is 0 Å². The van der Waals surface area contributed by atoms with Gasteiger partial charge < -0.3 is 0 Å². The van der Waals surface area contributed by atoms with Crippen molar-refractivity contribution in [1.82, 2.24) is 0 Å². The molecule has 27 heavy (non-hydrogen) atoms. The first kappa shape index (κ1) is 17.5. The molecule has 0 spiro atoms. The zero-order chi connectivity index (χ0) is 18.8. The van der Waals surface area contributed by atoms with E-state index in [9.17, 15) is 0 Å². The molecule has 1 aliphatic carbocycles. The summed E-state index contributed by atoms with van der Waals surface area (Å²) in [4.78, 5) is 0. The van der Waals surface area contributed by atoms with Gasteiger partial charge in [0.1, 0.15) is 0 Å². The molecule has 0 saturated heterocycles. The zero-order valence-electron chi connectivity index (χ0n) is 16.4. The van der Waals surface area contributed by atoms with Crippen molar-refractivity contribution in [2.24, 2.45) is 5.92 Å². The van der Waals surface area contributed by atoms with Gasteiger partial charge in [-0.3, -0.25) is 0 Å². The summed E-state index contributed by atoms with van der Waals surface area (Å²) in [6.07, 6.45) is 8.07. The zero-order valence-corrected chi connectivity index (χ0v) is 16.4. The Hall–Kier alpha value is -2.86. The predicted molar refractivity (Wildman–Crippen MR) is 118 cm³/mol. The van der Waals surface area contributed by atoms with E-state index in [1.54, 1.807) is 0 Å². The molecule has 134 valence electrons. The minimum absolute atomic E-state index is 0.614. The van der Waals surface area contributed by atoms with Crippen LogP contribution >= 0.6 is 0 Å². The third-order valence-corrected chi connectivity index (χ3v) is 5.43. The quantitative estimate of drug-likeness (QED) is 0.456. The second-order valence-electron chi connectivity index (χ2n) is 7.67. The lowest BCUT2D eigenvalue weighted by atomic mass is 9.89. The molecule has 0 N–H and O–H groups in total. The molecule has 1 aliphatic rings. The van der Waals surface area contributed by atoms with E-state index in [2.05, 4.69) is 106 Å². The minimum Gasteiger partial charge on any atom is -0.0834 e. The molecule has 3 aromatic rings. The Morgan fingerprint density at radius 3 is 2.04 bits per heavy atom. The number of rotatable bonds is 3. The molecule has 0 heteroatoms. The Bertz CT molecular complexity index is 1020. The van der Waals surface area contributed by atoms with Crippen LogP contribution in [0.5, 0.6) is 0 Å². The van der Waals surface area contributed by atoms with Crippen molar-refractivity contribution in [3.05, 3.63) is 102 Å². The topological polar surface area (TPSA) is 0 Å². The van der Waals surface area contributed by atoms with Crippen LogP contribution in [0.4, 0.5) is 0 Å². The van der Waals surface area contributed by atoms with Gasteiger partial charge in [-0.05, 0) is 76.8 Å². The fourth-order valence-electron chi connectivity index (χ4n) is 3.95. The van der Waals surface area contributed by atoms with Crippen LogP contribution in [-0.4, -0.2) is 0 Å². The van der Waals surface area contributed by atoms with Crippen LogP contribution in [0.1, 0.15) is 30.0 Å². The maximum atomic E-state index is 2.38. The predicted octanol–water partition coefficient (Wildman–Crippen LogP) is 7.62. The first-order chi connectivity index (χ1) is 13.1. The van der Waals surface area contributed by atoms with E-state index < -0.39 is 0 Å². The van der Waals surface area contributed by atoms with Gasteiger partial charge in [-0.2, -0.15) is 0 Å². The molecule has 1 atom stereocenters. The average Bonchev–Trinajstić information content (AvgIpc) is 2.70. The number of aryl methyl sites for hydroxylation is 2. The van der Waals surface area contributed by atoms with E-state index >= 15 is 0 Å². The molecule has 0 fully saturated rings. The fraction of sp³-hybridized carbons (Fsp3) is 0.185. The molecule has 0 nitrogen and oxygen atoms in total. The first-order valence-corrected chi connectivity index (χ1v) is 9.77. The summed E-state index contributed by atoms with van der Waals surface area (Å²) in [5, 5.41) is 0. The summed E-state index contributed by atoms with van der Waals surface area (Å²) in [6, 6.07) is 24.3. The van der Waals surface area contributed by atoms with Crippen LogP contribution in [0.2, 0.25) is 0 Å². The van der Waals surface area contributed by atoms with Gasteiger partial charge in [0.2, 0.25) is 0 Å². The Balaban J connectivity index is 1.75. The number of benzene rings is 3. The second kappa shape index (κ2) is 7.40. The van der Waals surface area contributed by atoms with Gasteiger partial charge in [0.05, 0.1) is 0 Å².